The maximum absolute atomic E-state index is 10.9. The molecule has 0 aromatic rings. The number of hydrogen-bond acceptors (Lipinski definition) is 6. The topological polar surface area (TPSA) is 83.5 Å². The molecule has 136 valence electrons. The van der Waals surface area contributed by atoms with Crippen molar-refractivity contribution in [2.45, 2.75) is 70.4 Å². The van der Waals surface area contributed by atoms with Gasteiger partial charge in [0.1, 0.15) is 6.61 Å². The Morgan fingerprint density at radius 3 is 2.75 bits per heavy atom. The number of aliphatic carboxylic acids is 1. The summed E-state index contributed by atoms with van der Waals surface area (Å²) in [5.41, 5.74) is -0.629. The highest BCUT2D eigenvalue weighted by Gasteiger charge is 2.69. The maximum Gasteiger partial charge on any atom is 0.329 e. The number of hydrogen-bond donors (Lipinski definition) is 1. The third-order valence-corrected chi connectivity index (χ3v) is 6.47. The molecule has 8 atom stereocenters. The van der Waals surface area contributed by atoms with Gasteiger partial charge in [0.25, 0.3) is 0 Å². The van der Waals surface area contributed by atoms with E-state index in [2.05, 4.69) is 6.92 Å². The van der Waals surface area contributed by atoms with Gasteiger partial charge >= 0.3 is 5.97 Å². The van der Waals surface area contributed by atoms with Gasteiger partial charge in [0.15, 0.2) is 18.2 Å². The van der Waals surface area contributed by atoms with Crippen molar-refractivity contribution >= 4 is 5.97 Å². The number of fused-ring (bicyclic) bond motifs is 2. The quantitative estimate of drug-likeness (QED) is 0.788. The molecule has 24 heavy (non-hydrogen) atoms. The molecule has 0 radical (unpaired) electrons. The van der Waals surface area contributed by atoms with Crippen LogP contribution in [0.1, 0.15) is 46.5 Å². The van der Waals surface area contributed by atoms with Gasteiger partial charge in [-0.25, -0.2) is 14.6 Å². The standard InChI is InChI=1S/C17H26O7/c1-9-4-5-12-10(2)14(20-8-13(18)19)21-15-17(12)11(9)6-7-16(3,22-15)23-24-17/h9-12,14-15H,4-8H2,1-3H3,(H,18,19)/t9-,10-,11?,12?,14+,15-,16+,17-/m1/s1. The van der Waals surface area contributed by atoms with Crippen LogP contribution >= 0.6 is 0 Å². The maximum atomic E-state index is 10.9. The highest BCUT2D eigenvalue weighted by Crippen LogP contribution is 2.60. The van der Waals surface area contributed by atoms with Crippen LogP contribution in [0.25, 0.3) is 0 Å². The van der Waals surface area contributed by atoms with Gasteiger partial charge in [-0.3, -0.25) is 0 Å². The van der Waals surface area contributed by atoms with E-state index < -0.39 is 29.9 Å². The van der Waals surface area contributed by atoms with Crippen LogP contribution < -0.4 is 0 Å². The molecule has 7 heteroatoms. The van der Waals surface area contributed by atoms with Crippen molar-refractivity contribution in [2.75, 3.05) is 6.61 Å². The van der Waals surface area contributed by atoms with Crippen LogP contribution in [-0.4, -0.2) is 41.7 Å². The Labute approximate surface area is 141 Å². The molecule has 1 spiro atoms. The number of carboxylic acid groups (broad SMARTS) is 1. The zero-order valence-electron chi connectivity index (χ0n) is 14.4. The van der Waals surface area contributed by atoms with Crippen molar-refractivity contribution in [3.63, 3.8) is 0 Å². The molecule has 5 rings (SSSR count). The van der Waals surface area contributed by atoms with Crippen molar-refractivity contribution in [3.8, 4) is 0 Å². The molecular weight excluding hydrogens is 316 g/mol. The largest absolute Gasteiger partial charge is 0.480 e. The molecule has 7 nitrogen and oxygen atoms in total. The predicted octanol–water partition coefficient (Wildman–Crippen LogP) is 2.30. The Morgan fingerprint density at radius 1 is 1.21 bits per heavy atom. The number of carboxylic acids is 1. The summed E-state index contributed by atoms with van der Waals surface area (Å²) in [6.07, 6.45) is 2.61. The zero-order valence-corrected chi connectivity index (χ0v) is 14.4. The minimum absolute atomic E-state index is 0.00487. The molecule has 5 aliphatic rings. The van der Waals surface area contributed by atoms with Crippen LogP contribution in [0, 0.1) is 23.7 Å². The molecule has 0 aromatic heterocycles. The molecule has 5 fully saturated rings. The summed E-state index contributed by atoms with van der Waals surface area (Å²) >= 11 is 0. The molecule has 0 amide bonds. The van der Waals surface area contributed by atoms with Gasteiger partial charge in [-0.05, 0) is 38.0 Å². The molecule has 2 unspecified atom stereocenters. The molecule has 2 bridgehead atoms. The van der Waals surface area contributed by atoms with Crippen molar-refractivity contribution in [3.05, 3.63) is 0 Å². The minimum atomic E-state index is -1.00. The first-order valence-corrected chi connectivity index (χ1v) is 8.89. The van der Waals surface area contributed by atoms with E-state index in [1.165, 1.54) is 0 Å². The van der Waals surface area contributed by atoms with E-state index in [4.69, 9.17) is 29.1 Å². The average molecular weight is 342 g/mol. The second-order valence-corrected chi connectivity index (χ2v) is 7.98. The Hall–Kier alpha value is -0.730. The smallest absolute Gasteiger partial charge is 0.329 e. The van der Waals surface area contributed by atoms with Crippen LogP contribution in [-0.2, 0) is 28.8 Å². The fourth-order valence-corrected chi connectivity index (χ4v) is 5.22. The first-order valence-electron chi connectivity index (χ1n) is 8.89. The Bertz CT molecular complexity index is 525. The van der Waals surface area contributed by atoms with Crippen LogP contribution in [0.15, 0.2) is 0 Å². The van der Waals surface area contributed by atoms with E-state index in [0.29, 0.717) is 11.8 Å². The SMILES string of the molecule is C[C@@H]1CCC2[C@@H](C)[C@@H](OCC(=O)O)O[C@@H]3O[C@]4(C)CCC1[C@@]23OO4. The number of carbonyl (C=O) groups is 1. The normalized spacial score (nSPS) is 53.3. The lowest BCUT2D eigenvalue weighted by Gasteiger charge is -2.60. The minimum Gasteiger partial charge on any atom is -0.480 e. The van der Waals surface area contributed by atoms with Crippen LogP contribution in [0.3, 0.4) is 0 Å². The van der Waals surface area contributed by atoms with Gasteiger partial charge in [-0.15, -0.1) is 0 Å². The fourth-order valence-electron chi connectivity index (χ4n) is 5.22. The van der Waals surface area contributed by atoms with E-state index in [-0.39, 0.29) is 18.4 Å². The lowest BCUT2D eigenvalue weighted by Crippen LogP contribution is -2.70. The molecule has 0 aromatic carbocycles. The second-order valence-electron chi connectivity index (χ2n) is 7.98. The van der Waals surface area contributed by atoms with E-state index in [1.807, 2.05) is 13.8 Å². The molecule has 1 aliphatic carbocycles. The fraction of sp³-hybridized carbons (Fsp3) is 0.941. The molecule has 1 saturated carbocycles. The summed E-state index contributed by atoms with van der Waals surface area (Å²) in [5.74, 6) is -0.868. The zero-order chi connectivity index (χ0) is 17.1. The Morgan fingerprint density at radius 2 is 2.00 bits per heavy atom. The van der Waals surface area contributed by atoms with E-state index in [9.17, 15) is 4.79 Å². The predicted molar refractivity (Wildman–Crippen MR) is 80.4 cm³/mol. The molecule has 4 heterocycles. The summed E-state index contributed by atoms with van der Waals surface area (Å²) in [5, 5.41) is 8.91. The molecule has 4 aliphatic heterocycles. The van der Waals surface area contributed by atoms with Crippen molar-refractivity contribution in [1.29, 1.82) is 0 Å². The third-order valence-electron chi connectivity index (χ3n) is 6.47. The van der Waals surface area contributed by atoms with E-state index in [0.717, 1.165) is 25.7 Å². The van der Waals surface area contributed by atoms with Gasteiger partial charge in [0.2, 0.25) is 5.79 Å². The lowest BCUT2D eigenvalue weighted by atomic mass is 9.58. The summed E-state index contributed by atoms with van der Waals surface area (Å²) < 4.78 is 17.8. The van der Waals surface area contributed by atoms with E-state index >= 15 is 0 Å². The summed E-state index contributed by atoms with van der Waals surface area (Å²) in [6.45, 7) is 5.78. The Balaban J connectivity index is 1.68. The molecule has 1 N–H and O–H groups in total. The summed E-state index contributed by atoms with van der Waals surface area (Å²) in [6, 6.07) is 0. The van der Waals surface area contributed by atoms with Gasteiger partial charge in [-0.2, -0.15) is 0 Å². The van der Waals surface area contributed by atoms with Gasteiger partial charge in [-0.1, -0.05) is 13.8 Å². The van der Waals surface area contributed by atoms with Crippen LogP contribution in [0.2, 0.25) is 0 Å². The van der Waals surface area contributed by atoms with E-state index in [1.54, 1.807) is 0 Å². The molecule has 4 saturated heterocycles. The van der Waals surface area contributed by atoms with Gasteiger partial charge < -0.3 is 19.3 Å². The van der Waals surface area contributed by atoms with Crippen molar-refractivity contribution in [2.24, 2.45) is 23.7 Å². The average Bonchev–Trinajstić information content (AvgIpc) is 2.76. The first-order chi connectivity index (χ1) is 11.4. The summed E-state index contributed by atoms with van der Waals surface area (Å²) in [7, 11) is 0. The monoisotopic (exact) mass is 342 g/mol. The highest BCUT2D eigenvalue weighted by molar-refractivity contribution is 5.68. The Kier molecular flexibility index (Phi) is 3.93. The number of rotatable bonds is 3. The molecular formula is C17H26O7. The first kappa shape index (κ1) is 16.7. The second kappa shape index (κ2) is 5.64. The lowest BCUT2D eigenvalue weighted by molar-refractivity contribution is -0.577. The number of ether oxygens (including phenoxy) is 3. The van der Waals surface area contributed by atoms with Gasteiger partial charge in [0, 0.05) is 18.3 Å². The summed E-state index contributed by atoms with van der Waals surface area (Å²) in [4.78, 5) is 22.6. The van der Waals surface area contributed by atoms with Crippen LogP contribution in [0.5, 0.6) is 0 Å². The highest BCUT2D eigenvalue weighted by atomic mass is 17.3. The van der Waals surface area contributed by atoms with Crippen LogP contribution in [0.4, 0.5) is 0 Å². The van der Waals surface area contributed by atoms with Crippen molar-refractivity contribution < 1.29 is 33.9 Å². The third kappa shape index (κ3) is 2.33. The van der Waals surface area contributed by atoms with Gasteiger partial charge in [0.05, 0.1) is 0 Å². The van der Waals surface area contributed by atoms with Crippen molar-refractivity contribution in [1.82, 2.24) is 0 Å².